The van der Waals surface area contributed by atoms with Crippen LogP contribution >= 0.6 is 0 Å². The van der Waals surface area contributed by atoms with E-state index < -0.39 is 0 Å². The quantitative estimate of drug-likeness (QED) is 0.581. The molecule has 0 bridgehead atoms. The predicted molar refractivity (Wildman–Crippen MR) is 76.3 cm³/mol. The molecule has 0 saturated heterocycles. The zero-order valence-corrected chi connectivity index (χ0v) is 11.3. The number of rotatable bonds is 3. The molecule has 0 N–H and O–H groups in total. The van der Waals surface area contributed by atoms with Crippen molar-refractivity contribution in [3.8, 4) is 11.4 Å². The second-order valence-corrected chi connectivity index (χ2v) is 4.72. The van der Waals surface area contributed by atoms with Gasteiger partial charge in [-0.05, 0) is 24.3 Å². The Morgan fingerprint density at radius 1 is 1.14 bits per heavy atom. The molecule has 4 rings (SSSR count). The Kier molecular flexibility index (Phi) is 2.89. The second-order valence-electron chi connectivity index (χ2n) is 4.72. The normalized spacial score (nSPS) is 11.1. The van der Waals surface area contributed by atoms with Gasteiger partial charge >= 0.3 is 0 Å². The Balaban J connectivity index is 1.66. The fraction of sp³-hybridized carbons (Fsp3) is 0.0667. The van der Waals surface area contributed by atoms with Crippen LogP contribution in [-0.4, -0.2) is 24.9 Å². The van der Waals surface area contributed by atoms with Gasteiger partial charge in [0.25, 0.3) is 0 Å². The van der Waals surface area contributed by atoms with Gasteiger partial charge in [-0.3, -0.25) is 9.67 Å². The Morgan fingerprint density at radius 2 is 2.00 bits per heavy atom. The molecule has 0 fully saturated rings. The highest BCUT2D eigenvalue weighted by Crippen LogP contribution is 2.19. The van der Waals surface area contributed by atoms with E-state index in [0.717, 1.165) is 5.56 Å². The van der Waals surface area contributed by atoms with E-state index in [9.17, 15) is 4.39 Å². The topological polar surface area (TPSA) is 69.6 Å². The van der Waals surface area contributed by atoms with Crippen molar-refractivity contribution in [2.75, 3.05) is 0 Å². The first-order chi connectivity index (χ1) is 10.8. The molecular weight excluding hydrogens is 285 g/mol. The maximum atomic E-state index is 13.7. The summed E-state index contributed by atoms with van der Waals surface area (Å²) in [6.07, 6.45) is 4.81. The van der Waals surface area contributed by atoms with Gasteiger partial charge in [-0.15, -0.1) is 0 Å². The number of aromatic nitrogens is 5. The maximum absolute atomic E-state index is 13.7. The highest BCUT2D eigenvalue weighted by Gasteiger charge is 2.12. The van der Waals surface area contributed by atoms with E-state index in [2.05, 4.69) is 20.2 Å². The Morgan fingerprint density at radius 3 is 2.86 bits per heavy atom. The van der Waals surface area contributed by atoms with Crippen LogP contribution in [0.1, 0.15) is 5.89 Å². The summed E-state index contributed by atoms with van der Waals surface area (Å²) in [5.41, 5.74) is 1.50. The van der Waals surface area contributed by atoms with Gasteiger partial charge in [0.15, 0.2) is 0 Å². The fourth-order valence-electron chi connectivity index (χ4n) is 2.26. The van der Waals surface area contributed by atoms with Gasteiger partial charge < -0.3 is 4.52 Å². The van der Waals surface area contributed by atoms with Crippen LogP contribution in [-0.2, 0) is 6.54 Å². The molecule has 0 saturated carbocycles. The van der Waals surface area contributed by atoms with Crippen LogP contribution in [0.4, 0.5) is 4.39 Å². The van der Waals surface area contributed by atoms with Crippen molar-refractivity contribution in [3.63, 3.8) is 0 Å². The molecule has 0 atom stereocenters. The molecule has 3 aromatic heterocycles. The Hall–Kier alpha value is -3.09. The number of benzene rings is 1. The molecule has 7 heteroatoms. The van der Waals surface area contributed by atoms with Gasteiger partial charge in [0.1, 0.15) is 12.4 Å². The van der Waals surface area contributed by atoms with E-state index in [1.807, 2.05) is 0 Å². The van der Waals surface area contributed by atoms with Crippen molar-refractivity contribution >= 4 is 10.9 Å². The van der Waals surface area contributed by atoms with Crippen LogP contribution < -0.4 is 0 Å². The lowest BCUT2D eigenvalue weighted by Crippen LogP contribution is -2.01. The van der Waals surface area contributed by atoms with Crippen molar-refractivity contribution in [1.82, 2.24) is 24.9 Å². The smallest absolute Gasteiger partial charge is 0.248 e. The number of hydrogen-bond donors (Lipinski definition) is 0. The molecule has 0 radical (unpaired) electrons. The molecule has 0 unspecified atom stereocenters. The summed E-state index contributed by atoms with van der Waals surface area (Å²) in [4.78, 5) is 8.27. The zero-order chi connectivity index (χ0) is 14.9. The largest absolute Gasteiger partial charge is 0.337 e. The zero-order valence-electron chi connectivity index (χ0n) is 11.3. The highest BCUT2D eigenvalue weighted by atomic mass is 19.1. The lowest BCUT2D eigenvalue weighted by molar-refractivity contribution is 0.368. The van der Waals surface area contributed by atoms with Crippen LogP contribution in [0.3, 0.4) is 0 Å². The second kappa shape index (κ2) is 5.03. The van der Waals surface area contributed by atoms with Crippen molar-refractivity contribution in [3.05, 3.63) is 60.6 Å². The molecule has 0 aliphatic rings. The molecular formula is C15H10FN5O. The van der Waals surface area contributed by atoms with Crippen LogP contribution in [0.15, 0.2) is 53.4 Å². The third-order valence-corrected chi connectivity index (χ3v) is 3.33. The average Bonchev–Trinajstić information content (AvgIpc) is 3.17. The number of fused-ring (bicyclic) bond motifs is 1. The van der Waals surface area contributed by atoms with Crippen molar-refractivity contribution in [2.24, 2.45) is 0 Å². The lowest BCUT2D eigenvalue weighted by Gasteiger charge is -1.99. The SMILES string of the molecule is Fc1cccc2c1cnn2Cc1nc(-c2ccncc2)no1. The molecule has 6 nitrogen and oxygen atoms in total. The molecule has 0 amide bonds. The summed E-state index contributed by atoms with van der Waals surface area (Å²) in [7, 11) is 0. The van der Waals surface area contributed by atoms with E-state index in [-0.39, 0.29) is 12.4 Å². The summed E-state index contributed by atoms with van der Waals surface area (Å²) in [5, 5.41) is 8.58. The van der Waals surface area contributed by atoms with Crippen molar-refractivity contribution in [2.45, 2.75) is 6.54 Å². The van der Waals surface area contributed by atoms with Crippen LogP contribution in [0.2, 0.25) is 0 Å². The first kappa shape index (κ1) is 12.6. The molecule has 22 heavy (non-hydrogen) atoms. The number of pyridine rings is 1. The molecule has 0 spiro atoms. The number of halogens is 1. The Labute approximate surface area is 124 Å². The minimum atomic E-state index is -0.299. The summed E-state index contributed by atoms with van der Waals surface area (Å²) >= 11 is 0. The molecule has 0 aliphatic carbocycles. The third-order valence-electron chi connectivity index (χ3n) is 3.33. The van der Waals surface area contributed by atoms with Crippen molar-refractivity contribution < 1.29 is 8.91 Å². The minimum absolute atomic E-state index is 0.283. The maximum Gasteiger partial charge on any atom is 0.248 e. The van der Waals surface area contributed by atoms with Gasteiger partial charge in [-0.2, -0.15) is 10.1 Å². The molecule has 4 aromatic rings. The van der Waals surface area contributed by atoms with Gasteiger partial charge in [-0.1, -0.05) is 11.2 Å². The van der Waals surface area contributed by atoms with E-state index in [1.54, 1.807) is 41.3 Å². The van der Waals surface area contributed by atoms with Crippen LogP contribution in [0.25, 0.3) is 22.3 Å². The summed E-state index contributed by atoms with van der Waals surface area (Å²) in [5.74, 6) is 0.591. The first-order valence-electron chi connectivity index (χ1n) is 6.64. The summed E-state index contributed by atoms with van der Waals surface area (Å²) in [6, 6.07) is 8.45. The van der Waals surface area contributed by atoms with Gasteiger partial charge in [-0.25, -0.2) is 4.39 Å². The number of hydrogen-bond acceptors (Lipinski definition) is 5. The molecule has 0 aliphatic heterocycles. The Bertz CT molecular complexity index is 931. The van der Waals surface area contributed by atoms with E-state index in [0.29, 0.717) is 22.6 Å². The van der Waals surface area contributed by atoms with Gasteiger partial charge in [0.2, 0.25) is 11.7 Å². The van der Waals surface area contributed by atoms with Crippen LogP contribution in [0, 0.1) is 5.82 Å². The number of nitrogens with zero attached hydrogens (tertiary/aromatic N) is 5. The summed E-state index contributed by atoms with van der Waals surface area (Å²) in [6.45, 7) is 0.283. The molecule has 3 heterocycles. The fourth-order valence-corrected chi connectivity index (χ4v) is 2.26. The minimum Gasteiger partial charge on any atom is -0.337 e. The van der Waals surface area contributed by atoms with E-state index in [4.69, 9.17) is 4.52 Å². The van der Waals surface area contributed by atoms with Crippen LogP contribution in [0.5, 0.6) is 0 Å². The van der Waals surface area contributed by atoms with E-state index >= 15 is 0 Å². The lowest BCUT2D eigenvalue weighted by atomic mass is 10.2. The van der Waals surface area contributed by atoms with Gasteiger partial charge in [0, 0.05) is 18.0 Å². The highest BCUT2D eigenvalue weighted by molar-refractivity contribution is 5.79. The molecule has 108 valence electrons. The van der Waals surface area contributed by atoms with Gasteiger partial charge in [0.05, 0.1) is 17.1 Å². The molecule has 1 aromatic carbocycles. The summed E-state index contributed by atoms with van der Waals surface area (Å²) < 4.78 is 20.5. The monoisotopic (exact) mass is 295 g/mol. The predicted octanol–water partition coefficient (Wildman–Crippen LogP) is 2.67. The van der Waals surface area contributed by atoms with E-state index in [1.165, 1.54) is 12.3 Å². The third kappa shape index (κ3) is 2.12. The standard InChI is InChI=1S/C15H10FN5O/c16-12-2-1-3-13-11(12)8-18-21(13)9-14-19-15(20-22-14)10-4-6-17-7-5-10/h1-8H,9H2. The first-order valence-corrected chi connectivity index (χ1v) is 6.64. The average molecular weight is 295 g/mol. The van der Waals surface area contributed by atoms with Crippen molar-refractivity contribution in [1.29, 1.82) is 0 Å².